The standard InChI is InChI=1S/C18H25ClN4O/c1-18(2,3)17(24)23-9-7-22(8-10-23)12-16-20-14-11-13(19)5-6-15(14)21(16)4/h5-6,11H,7-10,12H2,1-4H3. The zero-order valence-electron chi connectivity index (χ0n) is 14.8. The number of halogens is 1. The van der Waals surface area contributed by atoms with Crippen LogP contribution in [0.4, 0.5) is 0 Å². The van der Waals surface area contributed by atoms with Gasteiger partial charge in [0.15, 0.2) is 0 Å². The molecule has 1 aliphatic heterocycles. The van der Waals surface area contributed by atoms with Crippen LogP contribution in [0, 0.1) is 5.41 Å². The van der Waals surface area contributed by atoms with E-state index in [2.05, 4.69) is 9.47 Å². The molecule has 1 saturated heterocycles. The average molecular weight is 349 g/mol. The lowest BCUT2D eigenvalue weighted by molar-refractivity contribution is -0.141. The molecule has 0 unspecified atom stereocenters. The summed E-state index contributed by atoms with van der Waals surface area (Å²) in [6.07, 6.45) is 0. The molecule has 2 aromatic rings. The second-order valence-corrected chi connectivity index (χ2v) is 7.97. The van der Waals surface area contributed by atoms with E-state index in [4.69, 9.17) is 16.6 Å². The minimum atomic E-state index is -0.307. The highest BCUT2D eigenvalue weighted by atomic mass is 35.5. The SMILES string of the molecule is Cn1c(CN2CCN(C(=O)C(C)(C)C)CC2)nc2cc(Cl)ccc21. The van der Waals surface area contributed by atoms with Crippen LogP contribution in [0.15, 0.2) is 18.2 Å². The van der Waals surface area contributed by atoms with E-state index >= 15 is 0 Å². The van der Waals surface area contributed by atoms with E-state index in [9.17, 15) is 4.79 Å². The van der Waals surface area contributed by atoms with Gasteiger partial charge in [-0.05, 0) is 18.2 Å². The fraction of sp³-hybridized carbons (Fsp3) is 0.556. The van der Waals surface area contributed by atoms with Crippen LogP contribution in [0.25, 0.3) is 11.0 Å². The van der Waals surface area contributed by atoms with Crippen molar-refractivity contribution in [1.29, 1.82) is 0 Å². The molecule has 130 valence electrons. The first-order valence-corrected chi connectivity index (χ1v) is 8.76. The normalized spacial score (nSPS) is 16.8. The van der Waals surface area contributed by atoms with E-state index in [1.165, 1.54) is 0 Å². The van der Waals surface area contributed by atoms with Crippen molar-refractivity contribution in [2.75, 3.05) is 26.2 Å². The van der Waals surface area contributed by atoms with Gasteiger partial charge in [0.2, 0.25) is 5.91 Å². The van der Waals surface area contributed by atoms with Crippen molar-refractivity contribution in [1.82, 2.24) is 19.4 Å². The molecule has 2 heterocycles. The molecule has 1 aliphatic rings. The van der Waals surface area contributed by atoms with Gasteiger partial charge in [-0.25, -0.2) is 4.98 Å². The molecule has 0 saturated carbocycles. The van der Waals surface area contributed by atoms with Crippen LogP contribution >= 0.6 is 11.6 Å². The van der Waals surface area contributed by atoms with E-state index in [1.54, 1.807) is 0 Å². The van der Waals surface area contributed by atoms with Crippen LogP contribution in [0.2, 0.25) is 5.02 Å². The molecule has 1 fully saturated rings. The van der Waals surface area contributed by atoms with Gasteiger partial charge >= 0.3 is 0 Å². The maximum Gasteiger partial charge on any atom is 0.228 e. The van der Waals surface area contributed by atoms with Crippen LogP contribution in [0.1, 0.15) is 26.6 Å². The summed E-state index contributed by atoms with van der Waals surface area (Å²) in [7, 11) is 2.04. The number of amides is 1. The molecule has 0 bridgehead atoms. The zero-order valence-corrected chi connectivity index (χ0v) is 15.6. The molecule has 5 nitrogen and oxygen atoms in total. The van der Waals surface area contributed by atoms with E-state index in [0.29, 0.717) is 5.02 Å². The van der Waals surface area contributed by atoms with Crippen molar-refractivity contribution < 1.29 is 4.79 Å². The Morgan fingerprint density at radius 1 is 1.21 bits per heavy atom. The van der Waals surface area contributed by atoms with Gasteiger partial charge in [0.25, 0.3) is 0 Å². The molecule has 24 heavy (non-hydrogen) atoms. The van der Waals surface area contributed by atoms with Crippen molar-refractivity contribution >= 4 is 28.5 Å². The topological polar surface area (TPSA) is 41.4 Å². The zero-order chi connectivity index (χ0) is 17.5. The van der Waals surface area contributed by atoms with Crippen LogP contribution in [-0.2, 0) is 18.4 Å². The molecule has 0 aliphatic carbocycles. The summed E-state index contributed by atoms with van der Waals surface area (Å²) in [5, 5.41) is 0.710. The number of aryl methyl sites for hydroxylation is 1. The van der Waals surface area contributed by atoms with Crippen molar-refractivity contribution in [3.63, 3.8) is 0 Å². The molecule has 0 spiro atoms. The lowest BCUT2D eigenvalue weighted by Crippen LogP contribution is -2.51. The highest BCUT2D eigenvalue weighted by Gasteiger charge is 2.29. The first-order chi connectivity index (χ1) is 11.3. The summed E-state index contributed by atoms with van der Waals surface area (Å²) in [4.78, 5) is 21.4. The maximum absolute atomic E-state index is 12.4. The smallest absolute Gasteiger partial charge is 0.228 e. The molecule has 1 aromatic heterocycles. The number of rotatable bonds is 2. The summed E-state index contributed by atoms with van der Waals surface area (Å²) in [5.41, 5.74) is 1.72. The number of nitrogens with zero attached hydrogens (tertiary/aromatic N) is 4. The molecule has 3 rings (SSSR count). The number of fused-ring (bicyclic) bond motifs is 1. The van der Waals surface area contributed by atoms with Gasteiger partial charge in [0, 0.05) is 43.7 Å². The number of carbonyl (C=O) groups is 1. The maximum atomic E-state index is 12.4. The van der Waals surface area contributed by atoms with Crippen molar-refractivity contribution in [3.8, 4) is 0 Å². The van der Waals surface area contributed by atoms with Crippen LogP contribution < -0.4 is 0 Å². The summed E-state index contributed by atoms with van der Waals surface area (Å²) >= 11 is 6.06. The monoisotopic (exact) mass is 348 g/mol. The number of piperazine rings is 1. The third-order valence-electron chi connectivity index (χ3n) is 4.60. The van der Waals surface area contributed by atoms with E-state index < -0.39 is 0 Å². The third kappa shape index (κ3) is 3.42. The van der Waals surface area contributed by atoms with Gasteiger partial charge in [-0.3, -0.25) is 9.69 Å². The quantitative estimate of drug-likeness (QED) is 0.838. The van der Waals surface area contributed by atoms with Gasteiger partial charge in [0.1, 0.15) is 5.82 Å². The van der Waals surface area contributed by atoms with Crippen LogP contribution in [-0.4, -0.2) is 51.4 Å². The van der Waals surface area contributed by atoms with Crippen molar-refractivity contribution in [3.05, 3.63) is 29.0 Å². The van der Waals surface area contributed by atoms with Crippen molar-refractivity contribution in [2.45, 2.75) is 27.3 Å². The summed E-state index contributed by atoms with van der Waals surface area (Å²) < 4.78 is 2.12. The third-order valence-corrected chi connectivity index (χ3v) is 4.84. The first kappa shape index (κ1) is 17.2. The molecular formula is C18H25ClN4O. The molecular weight excluding hydrogens is 324 g/mol. The largest absolute Gasteiger partial charge is 0.340 e. The van der Waals surface area contributed by atoms with Gasteiger partial charge < -0.3 is 9.47 Å². The van der Waals surface area contributed by atoms with E-state index in [0.717, 1.165) is 49.6 Å². The molecule has 1 amide bonds. The Kier molecular flexibility index (Phi) is 4.58. The Morgan fingerprint density at radius 2 is 1.88 bits per heavy atom. The second-order valence-electron chi connectivity index (χ2n) is 7.54. The van der Waals surface area contributed by atoms with Gasteiger partial charge in [0.05, 0.1) is 17.6 Å². The lowest BCUT2D eigenvalue weighted by atomic mass is 9.94. The Labute approximate surface area is 148 Å². The highest BCUT2D eigenvalue weighted by molar-refractivity contribution is 6.31. The predicted molar refractivity (Wildman–Crippen MR) is 97.0 cm³/mol. The van der Waals surface area contributed by atoms with Crippen molar-refractivity contribution in [2.24, 2.45) is 12.5 Å². The van der Waals surface area contributed by atoms with E-state index in [1.807, 2.05) is 50.9 Å². The number of hydrogen-bond donors (Lipinski definition) is 0. The summed E-state index contributed by atoms with van der Waals surface area (Å²) in [6.45, 7) is 10.1. The number of benzene rings is 1. The average Bonchev–Trinajstić information content (AvgIpc) is 2.82. The Morgan fingerprint density at radius 3 is 2.50 bits per heavy atom. The molecule has 0 N–H and O–H groups in total. The summed E-state index contributed by atoms with van der Waals surface area (Å²) in [5.74, 6) is 1.27. The van der Waals surface area contributed by atoms with Gasteiger partial charge in [-0.2, -0.15) is 0 Å². The fourth-order valence-electron chi connectivity index (χ4n) is 3.15. The Bertz CT molecular complexity index is 754. The fourth-order valence-corrected chi connectivity index (χ4v) is 3.31. The Hall–Kier alpha value is -1.59. The number of imidazole rings is 1. The van der Waals surface area contributed by atoms with E-state index in [-0.39, 0.29) is 11.3 Å². The number of carbonyl (C=O) groups excluding carboxylic acids is 1. The van der Waals surface area contributed by atoms with Gasteiger partial charge in [-0.1, -0.05) is 32.4 Å². The first-order valence-electron chi connectivity index (χ1n) is 8.38. The molecule has 0 radical (unpaired) electrons. The van der Waals surface area contributed by atoms with Crippen LogP contribution in [0.5, 0.6) is 0 Å². The number of hydrogen-bond acceptors (Lipinski definition) is 3. The molecule has 0 atom stereocenters. The van der Waals surface area contributed by atoms with Crippen LogP contribution in [0.3, 0.4) is 0 Å². The summed E-state index contributed by atoms with van der Waals surface area (Å²) in [6, 6.07) is 5.81. The Balaban J connectivity index is 1.66. The lowest BCUT2D eigenvalue weighted by Gasteiger charge is -2.37. The van der Waals surface area contributed by atoms with Gasteiger partial charge in [-0.15, -0.1) is 0 Å². The second kappa shape index (κ2) is 6.37. The minimum Gasteiger partial charge on any atom is -0.340 e. The molecule has 6 heteroatoms. The predicted octanol–water partition coefficient (Wildman–Crippen LogP) is 2.92. The minimum absolute atomic E-state index is 0.236. The molecule has 1 aromatic carbocycles. The highest BCUT2D eigenvalue weighted by Crippen LogP contribution is 2.22. The number of aromatic nitrogens is 2.